The van der Waals surface area contributed by atoms with Crippen LogP contribution in [0.4, 0.5) is 5.82 Å². The van der Waals surface area contributed by atoms with Crippen LogP contribution in [0, 0.1) is 22.7 Å². The topological polar surface area (TPSA) is 86.5 Å². The number of rotatable bonds is 3. The molecule has 1 atom stereocenters. The summed E-state index contributed by atoms with van der Waals surface area (Å²) in [7, 11) is 0. The van der Waals surface area contributed by atoms with Crippen molar-refractivity contribution in [3.63, 3.8) is 0 Å². The Morgan fingerprint density at radius 3 is 2.12 bits per heavy atom. The Morgan fingerprint density at radius 1 is 0.912 bits per heavy atom. The molecule has 4 aromatic rings. The van der Waals surface area contributed by atoms with Gasteiger partial charge in [0.2, 0.25) is 0 Å². The molecule has 0 amide bonds. The van der Waals surface area contributed by atoms with Gasteiger partial charge in [-0.1, -0.05) is 53.5 Å². The van der Waals surface area contributed by atoms with Gasteiger partial charge in [0.25, 0.3) is 0 Å². The molecule has 1 aliphatic rings. The third-order valence-corrected chi connectivity index (χ3v) is 7.48. The molecule has 2 aromatic heterocycles. The highest BCUT2D eigenvalue weighted by molar-refractivity contribution is 7.10. The van der Waals surface area contributed by atoms with Crippen LogP contribution in [0.3, 0.4) is 0 Å². The fourth-order valence-electron chi connectivity index (χ4n) is 4.49. The maximum Gasteiger partial charge on any atom is 0.142 e. The highest BCUT2D eigenvalue weighted by atomic mass is 35.5. The zero-order valence-electron chi connectivity index (χ0n) is 17.7. The van der Waals surface area contributed by atoms with Crippen molar-refractivity contribution in [2.45, 2.75) is 12.3 Å². The summed E-state index contributed by atoms with van der Waals surface area (Å²) >= 11 is 13.9. The summed E-state index contributed by atoms with van der Waals surface area (Å²) in [5.41, 5.74) is 11.7. The quantitative estimate of drug-likeness (QED) is 0.316. The van der Waals surface area contributed by atoms with Gasteiger partial charge < -0.3 is 5.73 Å². The first-order valence-corrected chi connectivity index (χ1v) is 12.1. The maximum atomic E-state index is 10.3. The highest BCUT2D eigenvalue weighted by Crippen LogP contribution is 2.50. The third kappa shape index (κ3) is 3.75. The standard InChI is InChI=1S/C27H16Cl2N4S/c28-17-7-3-15(4-8-17)19-12-20(23-2-1-11-34-23)25-24(16-5-9-18(29)10-6-16)22(14-31)27(32)33-26(25)21(19)13-30/h1-11,20H,12H2,(H2,32,33). The Labute approximate surface area is 211 Å². The predicted molar refractivity (Wildman–Crippen MR) is 138 cm³/mol. The molecule has 0 fully saturated rings. The number of pyridine rings is 1. The van der Waals surface area contributed by atoms with E-state index < -0.39 is 0 Å². The number of anilines is 1. The van der Waals surface area contributed by atoms with E-state index in [2.05, 4.69) is 23.2 Å². The molecule has 0 aliphatic heterocycles. The number of nitriles is 2. The minimum atomic E-state index is -0.108. The van der Waals surface area contributed by atoms with E-state index in [9.17, 15) is 10.5 Å². The van der Waals surface area contributed by atoms with Crippen LogP contribution in [-0.4, -0.2) is 4.98 Å². The number of aromatic nitrogens is 1. The summed E-state index contributed by atoms with van der Waals surface area (Å²) in [5.74, 6) is -0.00936. The minimum absolute atomic E-state index is 0.0984. The lowest BCUT2D eigenvalue weighted by molar-refractivity contribution is 0.838. The van der Waals surface area contributed by atoms with E-state index in [0.717, 1.165) is 27.1 Å². The smallest absolute Gasteiger partial charge is 0.142 e. The molecule has 4 nitrogen and oxygen atoms in total. The Morgan fingerprint density at radius 2 is 1.56 bits per heavy atom. The van der Waals surface area contributed by atoms with E-state index in [1.165, 1.54) is 0 Å². The summed E-state index contributed by atoms with van der Waals surface area (Å²) in [6.07, 6.45) is 0.578. The SMILES string of the molecule is N#CC1=C(c2ccc(Cl)cc2)CC(c2cccs2)c2c1nc(N)c(C#N)c2-c1ccc(Cl)cc1. The van der Waals surface area contributed by atoms with Crippen molar-refractivity contribution in [3.8, 4) is 23.3 Å². The monoisotopic (exact) mass is 498 g/mol. The number of halogens is 2. The highest BCUT2D eigenvalue weighted by Gasteiger charge is 2.35. The summed E-state index contributed by atoms with van der Waals surface area (Å²) < 4.78 is 0. The van der Waals surface area contributed by atoms with Crippen LogP contribution in [0.2, 0.25) is 10.0 Å². The van der Waals surface area contributed by atoms with Gasteiger partial charge in [0.1, 0.15) is 23.5 Å². The van der Waals surface area contributed by atoms with Gasteiger partial charge >= 0.3 is 0 Å². The first-order chi connectivity index (χ1) is 16.5. The van der Waals surface area contributed by atoms with Crippen molar-refractivity contribution in [1.82, 2.24) is 4.98 Å². The molecule has 2 heterocycles. The average Bonchev–Trinajstić information content (AvgIpc) is 3.38. The number of nitrogens with zero attached hydrogens (tertiary/aromatic N) is 3. The van der Waals surface area contributed by atoms with Gasteiger partial charge in [-0.3, -0.25) is 0 Å². The lowest BCUT2D eigenvalue weighted by Gasteiger charge is -2.30. The summed E-state index contributed by atoms with van der Waals surface area (Å²) in [5, 5.41) is 23.5. The zero-order chi connectivity index (χ0) is 23.8. The van der Waals surface area contributed by atoms with E-state index in [0.29, 0.717) is 38.9 Å². The van der Waals surface area contributed by atoms with Gasteiger partial charge in [-0.05, 0) is 64.4 Å². The molecule has 2 aromatic carbocycles. The first kappa shape index (κ1) is 22.2. The number of allylic oxidation sites excluding steroid dienone is 2. The van der Waals surface area contributed by atoms with Crippen LogP contribution in [0.25, 0.3) is 22.3 Å². The summed E-state index contributed by atoms with van der Waals surface area (Å²) in [6, 6.07) is 23.5. The fraction of sp³-hybridized carbons (Fsp3) is 0.0741. The van der Waals surface area contributed by atoms with Crippen LogP contribution < -0.4 is 5.73 Å². The largest absolute Gasteiger partial charge is 0.383 e. The van der Waals surface area contributed by atoms with Crippen molar-refractivity contribution < 1.29 is 0 Å². The number of fused-ring (bicyclic) bond motifs is 1. The maximum absolute atomic E-state index is 10.3. The lowest BCUT2D eigenvalue weighted by Crippen LogP contribution is -2.17. The minimum Gasteiger partial charge on any atom is -0.383 e. The third-order valence-electron chi connectivity index (χ3n) is 5.99. The Bertz CT molecular complexity index is 1510. The molecule has 0 radical (unpaired) electrons. The van der Waals surface area contributed by atoms with Crippen LogP contribution in [0.15, 0.2) is 66.0 Å². The van der Waals surface area contributed by atoms with Crippen molar-refractivity contribution in [3.05, 3.63) is 103 Å². The second-order valence-electron chi connectivity index (χ2n) is 7.87. The first-order valence-electron chi connectivity index (χ1n) is 10.4. The van der Waals surface area contributed by atoms with Crippen LogP contribution in [-0.2, 0) is 0 Å². The Kier molecular flexibility index (Phi) is 5.86. The van der Waals surface area contributed by atoms with Gasteiger partial charge in [-0.15, -0.1) is 11.3 Å². The van der Waals surface area contributed by atoms with Crippen molar-refractivity contribution in [1.29, 1.82) is 10.5 Å². The molecule has 34 heavy (non-hydrogen) atoms. The molecule has 7 heteroatoms. The van der Waals surface area contributed by atoms with E-state index >= 15 is 0 Å². The van der Waals surface area contributed by atoms with Crippen LogP contribution in [0.5, 0.6) is 0 Å². The number of nitrogens with two attached hydrogens (primary N) is 1. The Hall–Kier alpha value is -3.61. The summed E-state index contributed by atoms with van der Waals surface area (Å²) in [4.78, 5) is 5.74. The predicted octanol–water partition coefficient (Wildman–Crippen LogP) is 7.54. The molecule has 0 bridgehead atoms. The van der Waals surface area contributed by atoms with E-state index in [-0.39, 0.29) is 11.7 Å². The van der Waals surface area contributed by atoms with E-state index in [4.69, 9.17) is 28.9 Å². The second-order valence-corrected chi connectivity index (χ2v) is 9.72. The molecule has 0 saturated heterocycles. The molecule has 164 valence electrons. The molecule has 0 saturated carbocycles. The fourth-order valence-corrected chi connectivity index (χ4v) is 5.58. The molecule has 2 N–H and O–H groups in total. The van der Waals surface area contributed by atoms with Gasteiger partial charge in [-0.25, -0.2) is 4.98 Å². The van der Waals surface area contributed by atoms with Gasteiger partial charge in [0.15, 0.2) is 0 Å². The molecule has 0 spiro atoms. The van der Waals surface area contributed by atoms with Gasteiger partial charge in [0.05, 0.1) is 11.3 Å². The lowest BCUT2D eigenvalue weighted by atomic mass is 9.74. The van der Waals surface area contributed by atoms with Crippen molar-refractivity contribution >= 4 is 51.5 Å². The second kappa shape index (κ2) is 8.97. The number of nitrogen functional groups attached to an aromatic ring is 1. The van der Waals surface area contributed by atoms with E-state index in [1.54, 1.807) is 23.5 Å². The molecule has 1 aliphatic carbocycles. The Balaban J connectivity index is 1.89. The normalized spacial score (nSPS) is 14.9. The number of hydrogen-bond acceptors (Lipinski definition) is 5. The molecule has 1 unspecified atom stereocenters. The van der Waals surface area contributed by atoms with Crippen LogP contribution in [0.1, 0.15) is 39.6 Å². The number of hydrogen-bond donors (Lipinski definition) is 1. The van der Waals surface area contributed by atoms with Gasteiger partial charge in [-0.2, -0.15) is 10.5 Å². The van der Waals surface area contributed by atoms with Crippen LogP contribution >= 0.6 is 34.5 Å². The van der Waals surface area contributed by atoms with E-state index in [1.807, 2.05) is 47.8 Å². The molecule has 5 rings (SSSR count). The van der Waals surface area contributed by atoms with Gasteiger partial charge in [0, 0.05) is 26.4 Å². The van der Waals surface area contributed by atoms with Crippen molar-refractivity contribution in [2.24, 2.45) is 0 Å². The zero-order valence-corrected chi connectivity index (χ0v) is 20.0. The molecular formula is C27H16Cl2N4S. The average molecular weight is 499 g/mol. The van der Waals surface area contributed by atoms with Crippen molar-refractivity contribution in [2.75, 3.05) is 5.73 Å². The number of thiophene rings is 1. The molecular weight excluding hydrogens is 483 g/mol. The number of benzene rings is 2. The summed E-state index contributed by atoms with van der Waals surface area (Å²) in [6.45, 7) is 0.